The van der Waals surface area contributed by atoms with Crippen LogP contribution in [0.25, 0.3) is 220 Å². The molecule has 0 spiro atoms. The first kappa shape index (κ1) is 76.6. The zero-order chi connectivity index (χ0) is 90.8. The summed E-state index contributed by atoms with van der Waals surface area (Å²) in [6.07, 6.45) is 15.0. The lowest BCUT2D eigenvalue weighted by Crippen LogP contribution is -2.32. The minimum absolute atomic E-state index is 0.211. The fourth-order valence-corrected chi connectivity index (χ4v) is 19.4. The predicted molar refractivity (Wildman–Crippen MR) is 521 cm³/mol. The smallest absolute Gasteiger partial charge is 0.334 e. The molecule has 0 radical (unpaired) electrons. The van der Waals surface area contributed by atoms with Gasteiger partial charge in [-0.3, -0.25) is 0 Å². The van der Waals surface area contributed by atoms with Crippen LogP contribution in [0.4, 0.5) is 0 Å². The number of aryl methyl sites for hydroxylation is 14. The van der Waals surface area contributed by atoms with Crippen LogP contribution in [-0.4, -0.2) is 24.9 Å². The lowest BCUT2D eigenvalue weighted by Gasteiger charge is -2.09. The van der Waals surface area contributed by atoms with E-state index in [4.69, 9.17) is 41.1 Å². The second-order valence-electron chi connectivity index (χ2n) is 33.6. The van der Waals surface area contributed by atoms with E-state index in [9.17, 15) is 0 Å². The fraction of sp³-hybridized carbons (Fsp3) is 0.123. The molecule has 0 saturated carbocycles. The third-order valence-corrected chi connectivity index (χ3v) is 25.5. The summed E-state index contributed by atoms with van der Waals surface area (Å²) in [5.41, 5.74) is 23.2. The van der Waals surface area contributed by atoms with E-state index in [2.05, 4.69) is 248 Å². The Morgan fingerprint density at radius 2 is 0.465 bits per heavy atom. The summed E-state index contributed by atoms with van der Waals surface area (Å²) < 4.78 is 64.8. The molecule has 129 heavy (non-hydrogen) atoms. The van der Waals surface area contributed by atoms with Crippen molar-refractivity contribution in [2.75, 3.05) is 0 Å². The molecule has 0 unspecified atom stereocenters. The van der Waals surface area contributed by atoms with Crippen LogP contribution in [0.1, 0.15) is 54.4 Å². The number of benzene rings is 15. The summed E-state index contributed by atoms with van der Waals surface area (Å²) in [7, 11) is 9.94. The van der Waals surface area contributed by atoms with Gasteiger partial charge in [-0.2, -0.15) is 0 Å². The number of aromatic nitrogens is 10. The molecular formula is C114H93N10O5+5. The second-order valence-corrected chi connectivity index (χ2v) is 33.6. The molecule has 15 nitrogen and oxygen atoms in total. The van der Waals surface area contributed by atoms with Crippen LogP contribution in [-0.2, 0) is 35.2 Å². The van der Waals surface area contributed by atoms with Crippen LogP contribution in [0, 0.1) is 62.2 Å². The highest BCUT2D eigenvalue weighted by Gasteiger charge is 2.33. The van der Waals surface area contributed by atoms with Gasteiger partial charge in [0.2, 0.25) is 0 Å². The van der Waals surface area contributed by atoms with E-state index < -0.39 is 6.85 Å². The summed E-state index contributed by atoms with van der Waals surface area (Å²) in [5.74, 6) is 4.36. The van der Waals surface area contributed by atoms with Crippen LogP contribution < -0.4 is 22.8 Å². The number of para-hydroxylation sites is 5. The quantitative estimate of drug-likeness (QED) is 0.152. The van der Waals surface area contributed by atoms with Crippen molar-refractivity contribution in [3.05, 3.63) is 361 Å². The molecule has 0 aliphatic rings. The average molecular weight is 1690 g/mol. The maximum absolute atomic E-state index is 7.66. The maximum Gasteiger partial charge on any atom is 0.334 e. The molecule has 0 fully saturated rings. The molecule has 624 valence electrons. The third-order valence-electron chi connectivity index (χ3n) is 25.5. The SMILES string of the molecule is Cc1c(-c2nccc[n+]2C)c2oc3ccccc3c2c2ccccc12.Cc1cc[n+](C)c(-c2c(C)c3ccccc3c3c2oc2ccccc23)n1.Cc1cc[n+](C)c(-c2c(C)c3ccccc3c3c2oc2ccccc23)n1.Cc1cnc(-c2c(C)c3ccccc3c3c2oc2ccccc23)[n+](C)c1.[2H]C([2H])([2H])c1cnc(-c2c(C)c3ccccc3c3c2oc2ccccc23)[n+](C)c1. The van der Waals surface area contributed by atoms with Crippen molar-refractivity contribution in [2.45, 2.75) is 62.2 Å². The highest BCUT2D eigenvalue weighted by Crippen LogP contribution is 2.49. The topological polar surface area (TPSA) is 150 Å². The molecule has 15 heteroatoms. The number of furan rings is 5. The van der Waals surface area contributed by atoms with Gasteiger partial charge in [-0.15, -0.1) is 0 Å². The zero-order valence-electron chi connectivity index (χ0n) is 77.0. The zero-order valence-corrected chi connectivity index (χ0v) is 74.0. The minimum atomic E-state index is -2.20. The summed E-state index contributed by atoms with van der Waals surface area (Å²) in [5, 5.41) is 23.5. The van der Waals surface area contributed by atoms with Crippen molar-refractivity contribution in [1.29, 1.82) is 0 Å². The van der Waals surface area contributed by atoms with Gasteiger partial charge in [0.05, 0.1) is 66.2 Å². The summed E-state index contributed by atoms with van der Waals surface area (Å²) in [6.45, 7) is 14.6. The van der Waals surface area contributed by atoms with E-state index in [1.165, 1.54) is 87.7 Å². The van der Waals surface area contributed by atoms with Gasteiger partial charge in [0.15, 0.2) is 39.3 Å². The summed E-state index contributed by atoms with van der Waals surface area (Å²) in [6, 6.07) is 89.4. The number of rotatable bonds is 5. The molecule has 10 heterocycles. The Labute approximate surface area is 748 Å². The Morgan fingerprint density at radius 1 is 0.233 bits per heavy atom. The molecule has 25 aromatic rings. The lowest BCUT2D eigenvalue weighted by atomic mass is 9.94. The van der Waals surface area contributed by atoms with E-state index in [0.29, 0.717) is 5.82 Å². The Hall–Kier alpha value is -16.0. The second kappa shape index (κ2) is 32.2. The van der Waals surface area contributed by atoms with Crippen LogP contribution >= 0.6 is 0 Å². The molecule has 0 atom stereocenters. The lowest BCUT2D eigenvalue weighted by molar-refractivity contribution is -0.663. The standard InChI is InChI=1S/4C23H19N2O.C22H17N2O/c2*1-14-12-24-23(25(3)13-14)20-15(2)16-8-4-5-9-17(16)21-18-10-6-7-11-19(18)26-22(20)21;2*1-14-12-13-25(3)23(24-14)20-15(2)16-8-4-5-9-17(16)21-18-10-6-7-11-19(18)26-22(20)21;1-14-15-8-3-4-9-16(15)20-17-10-5-6-11-18(17)25-21(20)19(14)22-23-12-7-13-24(22)2/h4*4-13H,1-3H3;3-13H,1-2H3/q5*+1/i1D3;;;;. The van der Waals surface area contributed by atoms with Gasteiger partial charge in [-0.1, -0.05) is 212 Å². The van der Waals surface area contributed by atoms with E-state index in [-0.39, 0.29) is 5.56 Å². The van der Waals surface area contributed by atoms with E-state index >= 15 is 0 Å². The normalized spacial score (nSPS) is 12.1. The molecule has 0 saturated heterocycles. The van der Waals surface area contributed by atoms with Crippen molar-refractivity contribution < 1.29 is 49.0 Å². The van der Waals surface area contributed by atoms with E-state index in [0.717, 1.165) is 178 Å². The molecule has 15 aromatic carbocycles. The van der Waals surface area contributed by atoms with Gasteiger partial charge in [0.1, 0.15) is 74.3 Å². The number of fused-ring (bicyclic) bond motifs is 25. The third kappa shape index (κ3) is 13.5. The Morgan fingerprint density at radius 3 is 0.736 bits per heavy atom. The molecule has 10 aromatic heterocycles. The number of nitrogens with zero attached hydrogens (tertiary/aromatic N) is 10. The van der Waals surface area contributed by atoms with Crippen molar-refractivity contribution in [1.82, 2.24) is 24.9 Å². The van der Waals surface area contributed by atoms with Crippen LogP contribution in [0.15, 0.2) is 333 Å². The molecule has 25 rings (SSSR count). The molecule has 0 aliphatic carbocycles. The number of hydrogen-bond acceptors (Lipinski definition) is 10. The van der Waals surface area contributed by atoms with E-state index in [1.54, 1.807) is 10.8 Å². The largest absolute Gasteiger partial charge is 0.455 e. The Kier molecular flexibility index (Phi) is 19.1. The minimum Gasteiger partial charge on any atom is -0.455 e. The van der Waals surface area contributed by atoms with Gasteiger partial charge < -0.3 is 22.1 Å². The maximum atomic E-state index is 7.66. The van der Waals surface area contributed by atoms with Gasteiger partial charge in [0, 0.05) is 101 Å². The fourth-order valence-electron chi connectivity index (χ4n) is 19.4. The molecule has 0 bridgehead atoms. The van der Waals surface area contributed by atoms with Crippen molar-refractivity contribution in [3.63, 3.8) is 0 Å². The first-order valence-corrected chi connectivity index (χ1v) is 43.4. The first-order valence-electron chi connectivity index (χ1n) is 44.9. The highest BCUT2D eigenvalue weighted by molar-refractivity contribution is 6.28. The van der Waals surface area contributed by atoms with Crippen molar-refractivity contribution >= 4 is 164 Å². The van der Waals surface area contributed by atoms with Crippen molar-refractivity contribution in [2.24, 2.45) is 35.2 Å². The molecule has 0 N–H and O–H groups in total. The van der Waals surface area contributed by atoms with Gasteiger partial charge in [0.25, 0.3) is 0 Å². The van der Waals surface area contributed by atoms with Gasteiger partial charge in [-0.25, -0.2) is 22.8 Å². The van der Waals surface area contributed by atoms with E-state index in [1.807, 2.05) is 169 Å². The van der Waals surface area contributed by atoms with Crippen LogP contribution in [0.3, 0.4) is 0 Å². The molecule has 0 amide bonds. The predicted octanol–water partition coefficient (Wildman–Crippen LogP) is 25.9. The molecule has 0 aliphatic heterocycles. The first-order chi connectivity index (χ1) is 64.1. The molecular weight excluding hydrogens is 1590 g/mol. The Bertz CT molecular complexity index is 8840. The Balaban J connectivity index is 0.0000000995. The average Bonchev–Trinajstić information content (AvgIpc) is 1.56. The van der Waals surface area contributed by atoms with Crippen LogP contribution in [0.5, 0.6) is 0 Å². The van der Waals surface area contributed by atoms with Gasteiger partial charge in [-0.05, 0) is 185 Å². The van der Waals surface area contributed by atoms with Crippen molar-refractivity contribution in [3.8, 4) is 56.9 Å². The number of hydrogen-bond donors (Lipinski definition) is 0. The van der Waals surface area contributed by atoms with Gasteiger partial charge >= 0.3 is 29.1 Å². The monoisotopic (exact) mass is 1680 g/mol. The highest BCUT2D eigenvalue weighted by atomic mass is 16.3. The van der Waals surface area contributed by atoms with Crippen LogP contribution in [0.2, 0.25) is 0 Å². The summed E-state index contributed by atoms with van der Waals surface area (Å²) in [4.78, 5) is 23.6. The summed E-state index contributed by atoms with van der Waals surface area (Å²) >= 11 is 0.